The van der Waals surface area contributed by atoms with Crippen molar-refractivity contribution in [2.75, 3.05) is 18.5 Å². The highest BCUT2D eigenvalue weighted by atomic mass is 127. The summed E-state index contributed by atoms with van der Waals surface area (Å²) in [4.78, 5) is 8.53. The van der Waals surface area contributed by atoms with E-state index in [1.165, 1.54) is 5.56 Å². The van der Waals surface area contributed by atoms with Gasteiger partial charge in [-0.2, -0.15) is 0 Å². The molecule has 4 nitrogen and oxygen atoms in total. The van der Waals surface area contributed by atoms with Crippen LogP contribution in [-0.2, 0) is 4.74 Å². The molecular formula is C15H16IN3O. The number of anilines is 1. The van der Waals surface area contributed by atoms with Crippen molar-refractivity contribution in [1.29, 1.82) is 0 Å². The first kappa shape index (κ1) is 13.8. The Hall–Kier alpha value is -1.21. The normalized spacial score (nSPS) is 21.9. The molecule has 3 rings (SSSR count). The average molecular weight is 381 g/mol. The van der Waals surface area contributed by atoms with Gasteiger partial charge in [0.15, 0.2) is 0 Å². The van der Waals surface area contributed by atoms with Crippen LogP contribution in [-0.4, -0.2) is 23.1 Å². The largest absolute Gasteiger partial charge is 0.373 e. The van der Waals surface area contributed by atoms with E-state index in [-0.39, 0.29) is 6.10 Å². The fourth-order valence-corrected chi connectivity index (χ4v) is 2.76. The lowest BCUT2D eigenvalue weighted by Gasteiger charge is -2.19. The van der Waals surface area contributed by atoms with Crippen molar-refractivity contribution in [2.45, 2.75) is 12.5 Å². The highest BCUT2D eigenvalue weighted by molar-refractivity contribution is 14.1. The summed E-state index contributed by atoms with van der Waals surface area (Å²) in [5.41, 5.74) is 1.25. The first-order chi connectivity index (χ1) is 9.83. The lowest BCUT2D eigenvalue weighted by atomic mass is 9.95. The molecule has 5 heteroatoms. The molecule has 0 aliphatic carbocycles. The van der Waals surface area contributed by atoms with E-state index in [1.807, 2.05) is 18.5 Å². The van der Waals surface area contributed by atoms with Crippen LogP contribution in [0.15, 0.2) is 42.7 Å². The van der Waals surface area contributed by atoms with Crippen LogP contribution in [0.1, 0.15) is 18.1 Å². The number of aromatic nitrogens is 2. The second-order valence-electron chi connectivity index (χ2n) is 4.86. The lowest BCUT2D eigenvalue weighted by Crippen LogP contribution is -2.19. The molecule has 1 aliphatic heterocycles. The van der Waals surface area contributed by atoms with Gasteiger partial charge in [-0.15, -0.1) is 0 Å². The summed E-state index contributed by atoms with van der Waals surface area (Å²) in [7, 11) is 0. The summed E-state index contributed by atoms with van der Waals surface area (Å²) in [5.74, 6) is 1.14. The minimum Gasteiger partial charge on any atom is -0.373 e. The van der Waals surface area contributed by atoms with Crippen LogP contribution < -0.4 is 5.32 Å². The maximum atomic E-state index is 5.88. The molecule has 1 aliphatic rings. The highest BCUT2D eigenvalue weighted by Gasteiger charge is 2.29. The smallest absolute Gasteiger partial charge is 0.222 e. The summed E-state index contributed by atoms with van der Waals surface area (Å²) in [6.07, 6.45) is 4.87. The molecule has 2 aromatic rings. The summed E-state index contributed by atoms with van der Waals surface area (Å²) in [5, 5.41) is 3.31. The number of rotatable bonds is 4. The molecule has 0 bridgehead atoms. The maximum Gasteiger partial charge on any atom is 0.222 e. The van der Waals surface area contributed by atoms with Gasteiger partial charge in [0.2, 0.25) is 5.95 Å². The molecule has 104 valence electrons. The quantitative estimate of drug-likeness (QED) is 0.826. The van der Waals surface area contributed by atoms with Gasteiger partial charge in [-0.1, -0.05) is 30.3 Å². The number of hydrogen-bond acceptors (Lipinski definition) is 4. The average Bonchev–Trinajstić information content (AvgIpc) is 2.96. The maximum absolute atomic E-state index is 5.88. The van der Waals surface area contributed by atoms with Crippen LogP contribution in [0.3, 0.4) is 0 Å². The van der Waals surface area contributed by atoms with Crippen LogP contribution >= 0.6 is 22.6 Å². The van der Waals surface area contributed by atoms with Gasteiger partial charge in [-0.05, 0) is 34.6 Å². The molecule has 1 aromatic heterocycles. The van der Waals surface area contributed by atoms with E-state index < -0.39 is 0 Å². The standard InChI is InChI=1S/C15H16IN3O/c16-13-9-18-15(19-10-13)17-8-12-6-7-20-14(12)11-4-2-1-3-5-11/h1-5,9-10,12,14H,6-8H2,(H,17,18,19)/t12-,14-/m1/s1. The van der Waals surface area contributed by atoms with Gasteiger partial charge < -0.3 is 10.1 Å². The Bertz CT molecular complexity index is 547. The number of halogens is 1. The van der Waals surface area contributed by atoms with Crippen LogP contribution in [0.25, 0.3) is 0 Å². The van der Waals surface area contributed by atoms with Crippen molar-refractivity contribution in [3.05, 3.63) is 51.9 Å². The lowest BCUT2D eigenvalue weighted by molar-refractivity contribution is 0.0933. The number of nitrogens with zero attached hydrogens (tertiary/aromatic N) is 2. The molecule has 2 atom stereocenters. The molecule has 1 aromatic carbocycles. The molecule has 0 amide bonds. The van der Waals surface area contributed by atoms with Crippen molar-refractivity contribution in [2.24, 2.45) is 5.92 Å². The van der Waals surface area contributed by atoms with E-state index in [2.05, 4.69) is 62.1 Å². The third kappa shape index (κ3) is 3.27. The Kier molecular flexibility index (Phi) is 4.47. The zero-order valence-electron chi connectivity index (χ0n) is 11.0. The van der Waals surface area contributed by atoms with E-state index in [9.17, 15) is 0 Å². The van der Waals surface area contributed by atoms with E-state index in [0.29, 0.717) is 11.9 Å². The minimum absolute atomic E-state index is 0.174. The molecule has 0 spiro atoms. The fraction of sp³-hybridized carbons (Fsp3) is 0.333. The van der Waals surface area contributed by atoms with Crippen molar-refractivity contribution in [3.63, 3.8) is 0 Å². The molecule has 20 heavy (non-hydrogen) atoms. The molecule has 1 N–H and O–H groups in total. The molecule has 1 saturated heterocycles. The monoisotopic (exact) mass is 381 g/mol. The SMILES string of the molecule is Ic1cnc(NC[C@H]2CCO[C@@H]2c2ccccc2)nc1. The highest BCUT2D eigenvalue weighted by Crippen LogP contribution is 2.34. The zero-order chi connectivity index (χ0) is 13.8. The van der Waals surface area contributed by atoms with Gasteiger partial charge >= 0.3 is 0 Å². The van der Waals surface area contributed by atoms with Gasteiger partial charge in [0, 0.05) is 35.0 Å². The van der Waals surface area contributed by atoms with E-state index in [0.717, 1.165) is 23.1 Å². The molecule has 2 heterocycles. The number of benzene rings is 1. The van der Waals surface area contributed by atoms with Crippen molar-refractivity contribution < 1.29 is 4.74 Å². The van der Waals surface area contributed by atoms with Crippen molar-refractivity contribution in [1.82, 2.24) is 9.97 Å². The summed E-state index contributed by atoms with van der Waals surface area (Å²) in [6.45, 7) is 1.65. The first-order valence-corrected chi connectivity index (χ1v) is 7.79. The fourth-order valence-electron chi connectivity index (χ4n) is 2.48. The van der Waals surface area contributed by atoms with E-state index in [1.54, 1.807) is 0 Å². The predicted molar refractivity (Wildman–Crippen MR) is 86.5 cm³/mol. The topological polar surface area (TPSA) is 47.0 Å². The third-order valence-electron chi connectivity index (χ3n) is 3.49. The van der Waals surface area contributed by atoms with Crippen molar-refractivity contribution in [3.8, 4) is 0 Å². The van der Waals surface area contributed by atoms with Crippen molar-refractivity contribution >= 4 is 28.5 Å². The van der Waals surface area contributed by atoms with Crippen LogP contribution in [0, 0.1) is 9.49 Å². The van der Waals surface area contributed by atoms with Gasteiger partial charge in [0.05, 0.1) is 6.10 Å². The van der Waals surface area contributed by atoms with Gasteiger partial charge in [-0.25, -0.2) is 9.97 Å². The molecule has 0 saturated carbocycles. The summed E-state index contributed by atoms with van der Waals surface area (Å²) in [6, 6.07) is 10.4. The zero-order valence-corrected chi connectivity index (χ0v) is 13.2. The first-order valence-electron chi connectivity index (χ1n) is 6.71. The molecule has 0 radical (unpaired) electrons. The summed E-state index contributed by atoms with van der Waals surface area (Å²) < 4.78 is 6.92. The Morgan fingerprint density at radius 1 is 1.20 bits per heavy atom. The van der Waals surface area contributed by atoms with E-state index in [4.69, 9.17) is 4.74 Å². The number of nitrogens with one attached hydrogen (secondary N) is 1. The molecule has 0 unspecified atom stereocenters. The second kappa shape index (κ2) is 6.49. The number of ether oxygens (including phenoxy) is 1. The Morgan fingerprint density at radius 3 is 2.70 bits per heavy atom. The molecule has 1 fully saturated rings. The number of hydrogen-bond donors (Lipinski definition) is 1. The van der Waals surface area contributed by atoms with Gasteiger partial charge in [0.1, 0.15) is 0 Å². The summed E-state index contributed by atoms with van der Waals surface area (Å²) >= 11 is 2.20. The Balaban J connectivity index is 1.63. The Morgan fingerprint density at radius 2 is 1.95 bits per heavy atom. The third-order valence-corrected chi connectivity index (χ3v) is 4.04. The minimum atomic E-state index is 0.174. The van der Waals surface area contributed by atoms with Crippen LogP contribution in [0.4, 0.5) is 5.95 Å². The van der Waals surface area contributed by atoms with E-state index >= 15 is 0 Å². The van der Waals surface area contributed by atoms with Gasteiger partial charge in [0.25, 0.3) is 0 Å². The Labute approximate surface area is 132 Å². The molecular weight excluding hydrogens is 365 g/mol. The second-order valence-corrected chi connectivity index (χ2v) is 6.10. The van der Waals surface area contributed by atoms with Gasteiger partial charge in [-0.3, -0.25) is 0 Å². The van der Waals surface area contributed by atoms with Crippen LogP contribution in [0.2, 0.25) is 0 Å². The predicted octanol–water partition coefficient (Wildman–Crippen LogP) is 3.27. The van der Waals surface area contributed by atoms with Crippen LogP contribution in [0.5, 0.6) is 0 Å².